The van der Waals surface area contributed by atoms with Crippen molar-refractivity contribution in [2.24, 2.45) is 0 Å². The molecule has 0 bridgehead atoms. The molecule has 2 aromatic heterocycles. The molecule has 9 heteroatoms. The molecular weight excluding hydrogens is 472 g/mol. The Hall–Kier alpha value is -3.62. The Morgan fingerprint density at radius 1 is 1.06 bits per heavy atom. The summed E-state index contributed by atoms with van der Waals surface area (Å²) in [5, 5.41) is 5.61. The number of thioether (sulfide) groups is 1. The first-order valence-electron chi connectivity index (χ1n) is 10.4. The molecule has 0 unspecified atom stereocenters. The first kappa shape index (κ1) is 22.2. The Balaban J connectivity index is 1.54. The van der Waals surface area contributed by atoms with Crippen LogP contribution in [0.4, 0.5) is 0 Å². The van der Waals surface area contributed by atoms with E-state index in [9.17, 15) is 4.79 Å². The van der Waals surface area contributed by atoms with Crippen LogP contribution in [0.3, 0.4) is 0 Å². The summed E-state index contributed by atoms with van der Waals surface area (Å²) in [4.78, 5) is 22.7. The lowest BCUT2D eigenvalue weighted by Gasteiger charge is -2.14. The highest BCUT2D eigenvalue weighted by Crippen LogP contribution is 2.30. The zero-order valence-electron chi connectivity index (χ0n) is 18.4. The molecule has 0 saturated carbocycles. The monoisotopic (exact) mass is 490 g/mol. The highest BCUT2D eigenvalue weighted by Gasteiger charge is 2.18. The van der Waals surface area contributed by atoms with Crippen molar-refractivity contribution in [1.29, 1.82) is 0 Å². The molecule has 2 heterocycles. The highest BCUT2D eigenvalue weighted by molar-refractivity contribution is 7.98. The Kier molecular flexibility index (Phi) is 6.08. The number of aryl methyl sites for hydroxylation is 1. The number of para-hydroxylation sites is 2. The Morgan fingerprint density at radius 3 is 2.68 bits per heavy atom. The number of fused-ring (bicyclic) bond motifs is 1. The first-order valence-corrected chi connectivity index (χ1v) is 11.8. The molecule has 170 valence electrons. The Labute approximate surface area is 204 Å². The Bertz CT molecular complexity index is 1560. The molecule has 3 aromatic carbocycles. The van der Waals surface area contributed by atoms with E-state index in [1.165, 1.54) is 11.8 Å². The van der Waals surface area contributed by atoms with E-state index in [0.717, 1.165) is 16.8 Å². The van der Waals surface area contributed by atoms with Crippen LogP contribution in [0.1, 0.15) is 11.5 Å². The van der Waals surface area contributed by atoms with Gasteiger partial charge in [0, 0.05) is 5.02 Å². The smallest absolute Gasteiger partial charge is 0.266 e. The fraction of sp³-hybridized carbons (Fsp3) is 0.120. The van der Waals surface area contributed by atoms with Gasteiger partial charge in [-0.3, -0.25) is 9.36 Å². The van der Waals surface area contributed by atoms with Crippen LogP contribution >= 0.6 is 23.4 Å². The summed E-state index contributed by atoms with van der Waals surface area (Å²) in [6.07, 6.45) is 0. The molecule has 0 amide bonds. The van der Waals surface area contributed by atoms with Crippen LogP contribution in [0.25, 0.3) is 28.0 Å². The molecule has 0 spiro atoms. The van der Waals surface area contributed by atoms with E-state index >= 15 is 0 Å². The van der Waals surface area contributed by atoms with Crippen molar-refractivity contribution in [2.45, 2.75) is 17.8 Å². The van der Waals surface area contributed by atoms with Gasteiger partial charge in [-0.25, -0.2) is 4.98 Å². The molecule has 0 N–H and O–H groups in total. The van der Waals surface area contributed by atoms with Crippen molar-refractivity contribution in [3.63, 3.8) is 0 Å². The van der Waals surface area contributed by atoms with E-state index in [1.807, 2.05) is 55.5 Å². The van der Waals surface area contributed by atoms with Gasteiger partial charge in [-0.2, -0.15) is 4.98 Å². The second-order valence-corrected chi connectivity index (χ2v) is 8.86. The van der Waals surface area contributed by atoms with Gasteiger partial charge in [-0.15, -0.1) is 0 Å². The molecule has 0 atom stereocenters. The van der Waals surface area contributed by atoms with Gasteiger partial charge in [0.2, 0.25) is 11.7 Å². The SMILES string of the molecule is COc1ccccc1-c1noc(CSc2nc3cc(Cl)ccc3c(=O)n2-c2ccccc2C)n1. The maximum Gasteiger partial charge on any atom is 0.266 e. The third kappa shape index (κ3) is 4.18. The normalized spacial score (nSPS) is 11.1. The van der Waals surface area contributed by atoms with Crippen LogP contribution in [0.5, 0.6) is 5.75 Å². The van der Waals surface area contributed by atoms with Gasteiger partial charge >= 0.3 is 0 Å². The van der Waals surface area contributed by atoms with E-state index in [1.54, 1.807) is 29.9 Å². The maximum atomic E-state index is 13.5. The van der Waals surface area contributed by atoms with Crippen LogP contribution in [0.15, 0.2) is 81.2 Å². The highest BCUT2D eigenvalue weighted by atomic mass is 35.5. The summed E-state index contributed by atoms with van der Waals surface area (Å²) in [6, 6.07) is 20.2. The summed E-state index contributed by atoms with van der Waals surface area (Å²) in [5.74, 6) is 1.82. The van der Waals surface area contributed by atoms with E-state index in [-0.39, 0.29) is 5.56 Å². The van der Waals surface area contributed by atoms with E-state index in [2.05, 4.69) is 10.1 Å². The minimum atomic E-state index is -0.168. The van der Waals surface area contributed by atoms with Gasteiger partial charge in [0.05, 0.1) is 35.0 Å². The van der Waals surface area contributed by atoms with Crippen molar-refractivity contribution in [3.8, 4) is 22.8 Å². The maximum absolute atomic E-state index is 13.5. The van der Waals surface area contributed by atoms with Crippen molar-refractivity contribution in [1.82, 2.24) is 19.7 Å². The van der Waals surface area contributed by atoms with Gasteiger partial charge in [-0.05, 0) is 48.9 Å². The molecule has 0 fully saturated rings. The molecule has 34 heavy (non-hydrogen) atoms. The molecule has 0 aliphatic rings. The van der Waals surface area contributed by atoms with Gasteiger partial charge in [-0.1, -0.05) is 58.9 Å². The quantitative estimate of drug-likeness (QED) is 0.223. The number of halogens is 1. The number of ether oxygens (including phenoxy) is 1. The number of hydrogen-bond donors (Lipinski definition) is 0. The van der Waals surface area contributed by atoms with Crippen LogP contribution < -0.4 is 10.3 Å². The predicted molar refractivity (Wildman–Crippen MR) is 133 cm³/mol. The minimum Gasteiger partial charge on any atom is -0.496 e. The van der Waals surface area contributed by atoms with Crippen LogP contribution in [-0.4, -0.2) is 26.8 Å². The van der Waals surface area contributed by atoms with Gasteiger partial charge < -0.3 is 9.26 Å². The average Bonchev–Trinajstić information content (AvgIpc) is 3.32. The van der Waals surface area contributed by atoms with Gasteiger partial charge in [0.1, 0.15) is 5.75 Å². The molecule has 5 rings (SSSR count). The fourth-order valence-electron chi connectivity index (χ4n) is 3.64. The number of hydrogen-bond acceptors (Lipinski definition) is 7. The molecule has 7 nitrogen and oxygen atoms in total. The predicted octanol–water partition coefficient (Wildman–Crippen LogP) is 5.70. The molecule has 0 radical (unpaired) electrons. The summed E-state index contributed by atoms with van der Waals surface area (Å²) >= 11 is 7.50. The first-order chi connectivity index (χ1) is 16.5. The summed E-state index contributed by atoms with van der Waals surface area (Å²) in [6.45, 7) is 1.96. The summed E-state index contributed by atoms with van der Waals surface area (Å²) in [7, 11) is 1.60. The topological polar surface area (TPSA) is 83.0 Å². The van der Waals surface area contributed by atoms with Gasteiger partial charge in [0.15, 0.2) is 5.16 Å². The van der Waals surface area contributed by atoms with Crippen LogP contribution in [0, 0.1) is 6.92 Å². The average molecular weight is 491 g/mol. The second kappa shape index (κ2) is 9.32. The van der Waals surface area contributed by atoms with E-state index < -0.39 is 0 Å². The standard InChI is InChI=1S/C25H19ClN4O3S/c1-15-7-3-5-9-20(15)30-24(31)17-12-11-16(26)13-19(17)27-25(30)34-14-22-28-23(29-33-22)18-8-4-6-10-21(18)32-2/h3-13H,14H2,1-2H3. The molecule has 0 aliphatic carbocycles. The van der Waals surface area contributed by atoms with Gasteiger partial charge in [0.25, 0.3) is 5.56 Å². The van der Waals surface area contributed by atoms with E-state index in [4.69, 9.17) is 25.8 Å². The minimum absolute atomic E-state index is 0.168. The molecule has 5 aromatic rings. The van der Waals surface area contributed by atoms with Crippen molar-refractivity contribution < 1.29 is 9.26 Å². The zero-order chi connectivity index (χ0) is 23.7. The number of benzene rings is 3. The van der Waals surface area contributed by atoms with Crippen molar-refractivity contribution in [2.75, 3.05) is 7.11 Å². The molecule has 0 aliphatic heterocycles. The Morgan fingerprint density at radius 2 is 1.85 bits per heavy atom. The number of nitrogens with zero attached hydrogens (tertiary/aromatic N) is 4. The molecular formula is C25H19ClN4O3S. The van der Waals surface area contributed by atoms with Crippen LogP contribution in [0.2, 0.25) is 5.02 Å². The largest absolute Gasteiger partial charge is 0.496 e. The van der Waals surface area contributed by atoms with Crippen molar-refractivity contribution >= 4 is 34.3 Å². The van der Waals surface area contributed by atoms with Crippen molar-refractivity contribution in [3.05, 3.63) is 93.6 Å². The fourth-order valence-corrected chi connectivity index (χ4v) is 4.65. The lowest BCUT2D eigenvalue weighted by atomic mass is 10.2. The lowest BCUT2D eigenvalue weighted by molar-refractivity contribution is 0.390. The third-order valence-corrected chi connectivity index (χ3v) is 6.46. The summed E-state index contributed by atoms with van der Waals surface area (Å²) < 4.78 is 12.5. The van der Waals surface area contributed by atoms with Crippen LogP contribution in [-0.2, 0) is 5.75 Å². The lowest BCUT2D eigenvalue weighted by Crippen LogP contribution is -2.22. The zero-order valence-corrected chi connectivity index (χ0v) is 19.9. The second-order valence-electron chi connectivity index (χ2n) is 7.48. The van der Waals surface area contributed by atoms with E-state index in [0.29, 0.717) is 44.3 Å². The number of methoxy groups -OCH3 is 1. The number of rotatable bonds is 6. The number of aromatic nitrogens is 4. The third-order valence-electron chi connectivity index (χ3n) is 5.30. The summed E-state index contributed by atoms with van der Waals surface area (Å²) in [5.41, 5.74) is 2.82. The molecule has 0 saturated heterocycles.